The number of phenolic OH excluding ortho intramolecular Hbond substituents is 1. The molecule has 0 aliphatic carbocycles. The summed E-state index contributed by atoms with van der Waals surface area (Å²) < 4.78 is 5.19. The fourth-order valence-corrected chi connectivity index (χ4v) is 1.84. The number of para-hydroxylation sites is 1. The van der Waals surface area contributed by atoms with Gasteiger partial charge in [-0.15, -0.1) is 0 Å². The molecule has 108 valence electrons. The molecular weight excluding hydrogens is 268 g/mol. The predicted octanol–water partition coefficient (Wildman–Crippen LogP) is 2.23. The maximum atomic E-state index is 12.0. The highest BCUT2D eigenvalue weighted by Crippen LogP contribution is 2.16. The van der Waals surface area contributed by atoms with E-state index in [1.54, 1.807) is 36.4 Å². The van der Waals surface area contributed by atoms with Gasteiger partial charge in [0.15, 0.2) is 6.10 Å². The normalized spacial score (nSPS) is 12.2. The van der Waals surface area contributed by atoms with E-state index in [1.807, 2.05) is 18.2 Å². The van der Waals surface area contributed by atoms with Crippen LogP contribution in [0, 0.1) is 0 Å². The molecule has 0 spiro atoms. The molecule has 5 heteroatoms. The van der Waals surface area contributed by atoms with Crippen LogP contribution in [-0.2, 0) is 9.53 Å². The van der Waals surface area contributed by atoms with Crippen molar-refractivity contribution in [3.05, 3.63) is 65.7 Å². The highest BCUT2D eigenvalue weighted by Gasteiger charge is 2.19. The molecule has 21 heavy (non-hydrogen) atoms. The Morgan fingerprint density at radius 2 is 1.86 bits per heavy atom. The summed E-state index contributed by atoms with van der Waals surface area (Å²) in [5.41, 5.74) is 3.67. The summed E-state index contributed by atoms with van der Waals surface area (Å²) in [4.78, 5) is 12.0. The van der Waals surface area contributed by atoms with Crippen LogP contribution in [0.4, 0.5) is 0 Å². The zero-order chi connectivity index (χ0) is 15.1. The smallest absolute Gasteiger partial charge is 0.273 e. The molecule has 0 aliphatic rings. The average Bonchev–Trinajstić information content (AvgIpc) is 2.51. The number of hydrogen-bond donors (Lipinski definition) is 2. The summed E-state index contributed by atoms with van der Waals surface area (Å²) in [6.45, 7) is 0. The summed E-state index contributed by atoms with van der Waals surface area (Å²) >= 11 is 0. The van der Waals surface area contributed by atoms with Crippen molar-refractivity contribution in [2.24, 2.45) is 5.10 Å². The first-order valence-electron chi connectivity index (χ1n) is 6.41. The van der Waals surface area contributed by atoms with E-state index in [4.69, 9.17) is 4.74 Å². The van der Waals surface area contributed by atoms with Gasteiger partial charge < -0.3 is 9.84 Å². The second kappa shape index (κ2) is 7.21. The number of amides is 1. The van der Waals surface area contributed by atoms with Crippen molar-refractivity contribution in [1.82, 2.24) is 5.43 Å². The number of carbonyl (C=O) groups excluding carboxylic acids is 1. The Bertz CT molecular complexity index is 626. The van der Waals surface area contributed by atoms with Crippen LogP contribution in [0.25, 0.3) is 0 Å². The lowest BCUT2D eigenvalue weighted by atomic mass is 10.1. The molecule has 0 heterocycles. The predicted molar refractivity (Wildman–Crippen MR) is 80.0 cm³/mol. The van der Waals surface area contributed by atoms with Gasteiger partial charge in [-0.25, -0.2) is 5.43 Å². The second-order valence-electron chi connectivity index (χ2n) is 4.32. The van der Waals surface area contributed by atoms with Gasteiger partial charge in [0.25, 0.3) is 5.91 Å². The Hall–Kier alpha value is -2.66. The molecule has 0 unspecified atom stereocenters. The molecule has 0 radical (unpaired) electrons. The molecule has 0 saturated carbocycles. The minimum atomic E-state index is -0.729. The first kappa shape index (κ1) is 14.7. The topological polar surface area (TPSA) is 70.9 Å². The van der Waals surface area contributed by atoms with Crippen LogP contribution in [0.2, 0.25) is 0 Å². The zero-order valence-corrected chi connectivity index (χ0v) is 11.6. The number of methoxy groups -OCH3 is 1. The van der Waals surface area contributed by atoms with Crippen LogP contribution in [0.15, 0.2) is 59.7 Å². The SMILES string of the molecule is CO[C@@H](C(=O)N/N=C\c1ccccc1O)c1ccccc1. The summed E-state index contributed by atoms with van der Waals surface area (Å²) in [7, 11) is 1.46. The Morgan fingerprint density at radius 1 is 1.19 bits per heavy atom. The number of carbonyl (C=O) groups is 1. The molecule has 0 aromatic heterocycles. The van der Waals surface area contributed by atoms with Crippen molar-refractivity contribution in [1.29, 1.82) is 0 Å². The lowest BCUT2D eigenvalue weighted by Crippen LogP contribution is -2.26. The Morgan fingerprint density at radius 3 is 2.52 bits per heavy atom. The number of nitrogens with zero attached hydrogens (tertiary/aromatic N) is 1. The van der Waals surface area contributed by atoms with Gasteiger partial charge in [-0.2, -0.15) is 5.10 Å². The van der Waals surface area contributed by atoms with Gasteiger partial charge >= 0.3 is 0 Å². The quantitative estimate of drug-likeness (QED) is 0.653. The van der Waals surface area contributed by atoms with Crippen LogP contribution in [-0.4, -0.2) is 24.3 Å². The van der Waals surface area contributed by atoms with E-state index in [0.29, 0.717) is 5.56 Å². The highest BCUT2D eigenvalue weighted by molar-refractivity contribution is 5.86. The maximum Gasteiger partial charge on any atom is 0.273 e. The third-order valence-electron chi connectivity index (χ3n) is 2.89. The van der Waals surface area contributed by atoms with Crippen LogP contribution in [0.1, 0.15) is 17.2 Å². The number of hydrogen-bond acceptors (Lipinski definition) is 4. The summed E-state index contributed by atoms with van der Waals surface area (Å²) in [6, 6.07) is 15.9. The summed E-state index contributed by atoms with van der Waals surface area (Å²) in [5, 5.41) is 13.4. The Labute approximate surface area is 122 Å². The van der Waals surface area contributed by atoms with Crippen LogP contribution in [0.3, 0.4) is 0 Å². The van der Waals surface area contributed by atoms with Gasteiger partial charge in [0.2, 0.25) is 0 Å². The second-order valence-corrected chi connectivity index (χ2v) is 4.32. The average molecular weight is 284 g/mol. The number of rotatable bonds is 5. The van der Waals surface area contributed by atoms with Crippen LogP contribution in [0.5, 0.6) is 5.75 Å². The maximum absolute atomic E-state index is 12.0. The number of phenols is 1. The van der Waals surface area contributed by atoms with Crippen molar-refractivity contribution in [2.45, 2.75) is 6.10 Å². The standard InChI is InChI=1S/C16H16N2O3/c1-21-15(12-7-3-2-4-8-12)16(20)18-17-11-13-9-5-6-10-14(13)19/h2-11,15,19H,1H3,(H,18,20)/b17-11-/t15-/m1/s1. The molecule has 2 aromatic carbocycles. The van der Waals surface area contributed by atoms with Crippen LogP contribution < -0.4 is 5.43 Å². The number of benzene rings is 2. The van der Waals surface area contributed by atoms with E-state index >= 15 is 0 Å². The molecular formula is C16H16N2O3. The largest absolute Gasteiger partial charge is 0.507 e. The molecule has 1 amide bonds. The van der Waals surface area contributed by atoms with Crippen molar-refractivity contribution >= 4 is 12.1 Å². The van der Waals surface area contributed by atoms with E-state index in [2.05, 4.69) is 10.5 Å². The molecule has 2 N–H and O–H groups in total. The van der Waals surface area contributed by atoms with Crippen molar-refractivity contribution < 1.29 is 14.6 Å². The molecule has 2 rings (SSSR count). The van der Waals surface area contributed by atoms with E-state index in [1.165, 1.54) is 13.3 Å². The summed E-state index contributed by atoms with van der Waals surface area (Å²) in [5.74, 6) is -0.280. The van der Waals surface area contributed by atoms with Gasteiger partial charge in [0.1, 0.15) is 5.75 Å². The van der Waals surface area contributed by atoms with Crippen LogP contribution >= 0.6 is 0 Å². The first-order valence-corrected chi connectivity index (χ1v) is 6.41. The minimum Gasteiger partial charge on any atom is -0.507 e. The van der Waals surface area contributed by atoms with E-state index in [-0.39, 0.29) is 11.7 Å². The fourth-order valence-electron chi connectivity index (χ4n) is 1.84. The number of aromatic hydroxyl groups is 1. The number of ether oxygens (including phenoxy) is 1. The first-order chi connectivity index (χ1) is 10.2. The summed E-state index contributed by atoms with van der Waals surface area (Å²) in [6.07, 6.45) is 0.651. The van der Waals surface area contributed by atoms with E-state index < -0.39 is 6.10 Å². The molecule has 1 atom stereocenters. The molecule has 5 nitrogen and oxygen atoms in total. The molecule has 0 fully saturated rings. The van der Waals surface area contributed by atoms with Gasteiger partial charge in [0.05, 0.1) is 6.21 Å². The van der Waals surface area contributed by atoms with Gasteiger partial charge in [-0.1, -0.05) is 42.5 Å². The number of hydrazone groups is 1. The molecule has 0 bridgehead atoms. The van der Waals surface area contributed by atoms with E-state index in [0.717, 1.165) is 5.56 Å². The Balaban J connectivity index is 2.02. The molecule has 0 aliphatic heterocycles. The fraction of sp³-hybridized carbons (Fsp3) is 0.125. The molecule has 2 aromatic rings. The van der Waals surface area contributed by atoms with Gasteiger partial charge in [-0.05, 0) is 17.7 Å². The third kappa shape index (κ3) is 3.90. The highest BCUT2D eigenvalue weighted by atomic mass is 16.5. The van der Waals surface area contributed by atoms with Crippen molar-refractivity contribution in [2.75, 3.05) is 7.11 Å². The van der Waals surface area contributed by atoms with Gasteiger partial charge in [-0.3, -0.25) is 4.79 Å². The molecule has 0 saturated heterocycles. The Kier molecular flexibility index (Phi) is 5.06. The van der Waals surface area contributed by atoms with E-state index in [9.17, 15) is 9.90 Å². The third-order valence-corrected chi connectivity index (χ3v) is 2.89. The number of nitrogens with one attached hydrogen (secondary N) is 1. The van der Waals surface area contributed by atoms with Crippen molar-refractivity contribution in [3.63, 3.8) is 0 Å². The minimum absolute atomic E-state index is 0.0989. The zero-order valence-electron chi connectivity index (χ0n) is 11.6. The lowest BCUT2D eigenvalue weighted by molar-refractivity contribution is -0.131. The van der Waals surface area contributed by atoms with Crippen molar-refractivity contribution in [3.8, 4) is 5.75 Å². The lowest BCUT2D eigenvalue weighted by Gasteiger charge is -2.13. The van der Waals surface area contributed by atoms with Gasteiger partial charge in [0, 0.05) is 12.7 Å². The monoisotopic (exact) mass is 284 g/mol.